The Kier molecular flexibility index (Phi) is 9.20. The van der Waals surface area contributed by atoms with Crippen LogP contribution in [0, 0.1) is 20.8 Å². The van der Waals surface area contributed by atoms with Crippen molar-refractivity contribution in [3.63, 3.8) is 0 Å². The van der Waals surface area contributed by atoms with Crippen LogP contribution in [-0.4, -0.2) is 30.0 Å². The lowest BCUT2D eigenvalue weighted by molar-refractivity contribution is -0.115. The van der Waals surface area contributed by atoms with Gasteiger partial charge < -0.3 is 16.0 Å². The molecule has 0 unspecified atom stereocenters. The van der Waals surface area contributed by atoms with Crippen LogP contribution in [0.2, 0.25) is 10.0 Å². The Morgan fingerprint density at radius 3 is 2.09 bits per heavy atom. The number of rotatable bonds is 8. The topological polar surface area (TPSA) is 87.3 Å². The molecule has 0 bridgehead atoms. The Morgan fingerprint density at radius 1 is 0.800 bits per heavy atom. The van der Waals surface area contributed by atoms with Gasteiger partial charge in [0.25, 0.3) is 5.91 Å². The second-order valence-electron chi connectivity index (χ2n) is 7.99. The van der Waals surface area contributed by atoms with E-state index in [0.717, 1.165) is 27.3 Å². The van der Waals surface area contributed by atoms with E-state index in [1.165, 1.54) is 23.9 Å². The summed E-state index contributed by atoms with van der Waals surface area (Å²) in [6.07, 6.45) is 0. The van der Waals surface area contributed by atoms with Crippen molar-refractivity contribution in [3.8, 4) is 0 Å². The standard InChI is InChI=1S/C26H25Cl2N3O3S/c1-15-10-16(2)25(17(3)11-15)31-23(32)13-29-26(34)21-9-6-19(28)12-22(21)30-24(33)14-35-20-7-4-18(27)5-8-20/h4-12H,13-14H2,1-3H3,(H,29,34)(H,30,33)(H,31,32). The van der Waals surface area contributed by atoms with Crippen molar-refractivity contribution in [2.75, 3.05) is 22.9 Å². The number of hydrogen-bond acceptors (Lipinski definition) is 4. The fourth-order valence-electron chi connectivity index (χ4n) is 3.50. The Labute approximate surface area is 218 Å². The fourth-order valence-corrected chi connectivity index (χ4v) is 4.50. The average Bonchev–Trinajstić information content (AvgIpc) is 2.79. The van der Waals surface area contributed by atoms with Gasteiger partial charge in [-0.15, -0.1) is 11.8 Å². The van der Waals surface area contributed by atoms with Gasteiger partial charge in [-0.3, -0.25) is 14.4 Å². The summed E-state index contributed by atoms with van der Waals surface area (Å²) in [6.45, 7) is 5.60. The predicted molar refractivity (Wildman–Crippen MR) is 144 cm³/mol. The molecule has 35 heavy (non-hydrogen) atoms. The zero-order valence-corrected chi connectivity index (χ0v) is 21.8. The maximum absolute atomic E-state index is 12.8. The number of aryl methyl sites for hydroxylation is 3. The number of amides is 3. The molecule has 3 amide bonds. The largest absolute Gasteiger partial charge is 0.343 e. The minimum absolute atomic E-state index is 0.132. The Hall–Kier alpha value is -3.00. The molecule has 3 N–H and O–H groups in total. The van der Waals surface area contributed by atoms with Crippen molar-refractivity contribution in [1.82, 2.24) is 5.32 Å². The van der Waals surface area contributed by atoms with Crippen molar-refractivity contribution in [2.45, 2.75) is 25.7 Å². The molecule has 3 aromatic rings. The zero-order valence-electron chi connectivity index (χ0n) is 19.5. The van der Waals surface area contributed by atoms with Crippen molar-refractivity contribution in [1.29, 1.82) is 0 Å². The number of benzene rings is 3. The van der Waals surface area contributed by atoms with Crippen molar-refractivity contribution in [2.24, 2.45) is 0 Å². The third kappa shape index (κ3) is 7.75. The highest BCUT2D eigenvalue weighted by atomic mass is 35.5. The number of carbonyl (C=O) groups is 3. The summed E-state index contributed by atoms with van der Waals surface area (Å²) in [6, 6.07) is 15.7. The highest BCUT2D eigenvalue weighted by Crippen LogP contribution is 2.24. The van der Waals surface area contributed by atoms with Gasteiger partial charge in [-0.2, -0.15) is 0 Å². The van der Waals surface area contributed by atoms with Crippen molar-refractivity contribution in [3.05, 3.63) is 86.9 Å². The van der Waals surface area contributed by atoms with Gasteiger partial charge in [-0.05, 0) is 74.4 Å². The highest BCUT2D eigenvalue weighted by molar-refractivity contribution is 8.00. The molecule has 0 atom stereocenters. The molecule has 0 saturated carbocycles. The van der Waals surface area contributed by atoms with Crippen LogP contribution in [0.1, 0.15) is 27.0 Å². The first-order chi connectivity index (χ1) is 16.6. The van der Waals surface area contributed by atoms with Gasteiger partial charge in [-0.1, -0.05) is 40.9 Å². The summed E-state index contributed by atoms with van der Waals surface area (Å²) in [5.41, 5.74) is 4.20. The monoisotopic (exact) mass is 529 g/mol. The Morgan fingerprint density at radius 2 is 1.43 bits per heavy atom. The quantitative estimate of drug-likeness (QED) is 0.311. The molecule has 0 aliphatic rings. The summed E-state index contributed by atoms with van der Waals surface area (Å²) in [4.78, 5) is 38.7. The van der Waals surface area contributed by atoms with E-state index < -0.39 is 5.91 Å². The van der Waals surface area contributed by atoms with Crippen LogP contribution >= 0.6 is 35.0 Å². The number of halogens is 2. The number of carbonyl (C=O) groups excluding carboxylic acids is 3. The van der Waals surface area contributed by atoms with Gasteiger partial charge in [-0.25, -0.2) is 0 Å². The lowest BCUT2D eigenvalue weighted by atomic mass is 10.1. The normalized spacial score (nSPS) is 10.5. The molecule has 182 valence electrons. The predicted octanol–water partition coefficient (Wildman–Crippen LogP) is 6.02. The van der Waals surface area contributed by atoms with Crippen LogP contribution in [0.4, 0.5) is 11.4 Å². The van der Waals surface area contributed by atoms with Crippen molar-refractivity contribution >= 4 is 64.1 Å². The summed E-state index contributed by atoms with van der Waals surface area (Å²) >= 11 is 13.3. The molecule has 0 aliphatic heterocycles. The summed E-state index contributed by atoms with van der Waals surface area (Å²) < 4.78 is 0. The third-order valence-corrected chi connectivity index (χ3v) is 6.53. The average molecular weight is 530 g/mol. The molecular weight excluding hydrogens is 505 g/mol. The van der Waals surface area contributed by atoms with E-state index in [9.17, 15) is 14.4 Å². The molecule has 0 heterocycles. The fraction of sp³-hybridized carbons (Fsp3) is 0.192. The minimum Gasteiger partial charge on any atom is -0.343 e. The first-order valence-corrected chi connectivity index (χ1v) is 12.5. The van der Waals surface area contributed by atoms with Crippen LogP contribution in [0.15, 0.2) is 59.5 Å². The first-order valence-electron chi connectivity index (χ1n) is 10.8. The van der Waals surface area contributed by atoms with Gasteiger partial charge in [0.2, 0.25) is 11.8 Å². The highest BCUT2D eigenvalue weighted by Gasteiger charge is 2.16. The summed E-state index contributed by atoms with van der Waals surface area (Å²) in [5.74, 6) is -1.03. The molecule has 0 radical (unpaired) electrons. The molecule has 0 saturated heterocycles. The molecule has 3 rings (SSSR count). The minimum atomic E-state index is -0.505. The lowest BCUT2D eigenvalue weighted by Gasteiger charge is -2.14. The Balaban J connectivity index is 1.61. The SMILES string of the molecule is Cc1cc(C)c(NC(=O)CNC(=O)c2ccc(Cl)cc2NC(=O)CSc2ccc(Cl)cc2)c(C)c1. The smallest absolute Gasteiger partial charge is 0.253 e. The van der Waals surface area contributed by atoms with Gasteiger partial charge >= 0.3 is 0 Å². The van der Waals surface area contributed by atoms with E-state index in [1.54, 1.807) is 18.2 Å². The number of thioether (sulfide) groups is 1. The van der Waals surface area contributed by atoms with E-state index in [1.807, 2.05) is 45.0 Å². The number of nitrogens with one attached hydrogen (secondary N) is 3. The molecule has 0 aliphatic carbocycles. The van der Waals surface area contributed by atoms with Crippen LogP contribution in [0.5, 0.6) is 0 Å². The number of anilines is 2. The molecule has 0 fully saturated rings. The van der Waals surface area contributed by atoms with Crippen LogP contribution < -0.4 is 16.0 Å². The van der Waals surface area contributed by atoms with Crippen LogP contribution in [0.3, 0.4) is 0 Å². The second kappa shape index (κ2) is 12.1. The van der Waals surface area contributed by atoms with E-state index in [2.05, 4.69) is 16.0 Å². The molecular formula is C26H25Cl2N3O3S. The molecule has 6 nitrogen and oxygen atoms in total. The van der Waals surface area contributed by atoms with Gasteiger partial charge in [0, 0.05) is 20.6 Å². The van der Waals surface area contributed by atoms with Gasteiger partial charge in [0.1, 0.15) is 0 Å². The maximum Gasteiger partial charge on any atom is 0.253 e. The van der Waals surface area contributed by atoms with Crippen molar-refractivity contribution < 1.29 is 14.4 Å². The van der Waals surface area contributed by atoms with E-state index in [-0.39, 0.29) is 35.4 Å². The molecule has 0 spiro atoms. The second-order valence-corrected chi connectivity index (χ2v) is 9.91. The van der Waals surface area contributed by atoms with Gasteiger partial charge in [0.05, 0.1) is 23.5 Å². The van der Waals surface area contributed by atoms with E-state index >= 15 is 0 Å². The third-order valence-electron chi connectivity index (χ3n) is 5.03. The van der Waals surface area contributed by atoms with Crippen LogP contribution in [0.25, 0.3) is 0 Å². The summed E-state index contributed by atoms with van der Waals surface area (Å²) in [7, 11) is 0. The lowest BCUT2D eigenvalue weighted by Crippen LogP contribution is -2.33. The number of hydrogen-bond donors (Lipinski definition) is 3. The molecule has 9 heteroatoms. The zero-order chi connectivity index (χ0) is 25.5. The summed E-state index contributed by atoms with van der Waals surface area (Å²) in [5, 5.41) is 9.16. The molecule has 0 aromatic heterocycles. The maximum atomic E-state index is 12.8. The first kappa shape index (κ1) is 26.6. The Bertz CT molecular complexity index is 1240. The van der Waals surface area contributed by atoms with E-state index in [4.69, 9.17) is 23.2 Å². The van der Waals surface area contributed by atoms with Crippen LogP contribution in [-0.2, 0) is 9.59 Å². The van der Waals surface area contributed by atoms with E-state index in [0.29, 0.717) is 10.0 Å². The van der Waals surface area contributed by atoms with Gasteiger partial charge in [0.15, 0.2) is 0 Å². The molecule has 3 aromatic carbocycles.